The van der Waals surface area contributed by atoms with E-state index in [-0.39, 0.29) is 29.4 Å². The molecule has 0 aromatic heterocycles. The van der Waals surface area contributed by atoms with Gasteiger partial charge in [0.25, 0.3) is 0 Å². The summed E-state index contributed by atoms with van der Waals surface area (Å²) in [6.07, 6.45) is 2.10. The molecular formula is C23H41IN4O2. The third kappa shape index (κ3) is 8.32. The molecule has 1 saturated heterocycles. The van der Waals surface area contributed by atoms with Gasteiger partial charge < -0.3 is 20.5 Å². The van der Waals surface area contributed by atoms with Gasteiger partial charge >= 0.3 is 0 Å². The molecule has 30 heavy (non-hydrogen) atoms. The second-order valence-electron chi connectivity index (χ2n) is 8.29. The molecule has 1 aliphatic heterocycles. The summed E-state index contributed by atoms with van der Waals surface area (Å²) in [6.45, 7) is 14.2. The summed E-state index contributed by atoms with van der Waals surface area (Å²) in [7, 11) is 0. The quantitative estimate of drug-likeness (QED) is 0.246. The van der Waals surface area contributed by atoms with Gasteiger partial charge in [0.15, 0.2) is 5.96 Å². The lowest BCUT2D eigenvalue weighted by molar-refractivity contribution is -0.0180. The Hall–Kier alpha value is -0.900. The van der Waals surface area contributed by atoms with Crippen LogP contribution in [-0.2, 0) is 10.2 Å². The van der Waals surface area contributed by atoms with E-state index in [1.807, 2.05) is 6.92 Å². The first-order chi connectivity index (χ1) is 13.9. The van der Waals surface area contributed by atoms with Gasteiger partial charge in [-0.05, 0) is 32.3 Å². The molecule has 1 unspecified atom stereocenters. The second-order valence-corrected chi connectivity index (χ2v) is 8.29. The zero-order valence-electron chi connectivity index (χ0n) is 19.1. The minimum absolute atomic E-state index is 0. The Balaban J connectivity index is 0.00000450. The molecule has 1 fully saturated rings. The Kier molecular flexibility index (Phi) is 12.2. The molecular weight excluding hydrogens is 491 g/mol. The third-order valence-corrected chi connectivity index (χ3v) is 5.92. The van der Waals surface area contributed by atoms with Crippen molar-refractivity contribution < 1.29 is 9.84 Å². The highest BCUT2D eigenvalue weighted by molar-refractivity contribution is 14.0. The van der Waals surface area contributed by atoms with E-state index in [1.54, 1.807) is 0 Å². The Labute approximate surface area is 199 Å². The standard InChI is InChI=1S/C23H40N4O2.HI/c1-5-23(6-2,20-11-9-8-10-12-20)18-26-21(24-7-3)25-17-22(4,28)19-27-13-15-29-16-14-27;/h8-12,28H,5-7,13-19H2,1-4H3,(H2,24,25,26);1H. The van der Waals surface area contributed by atoms with Crippen LogP contribution in [0.2, 0.25) is 0 Å². The van der Waals surface area contributed by atoms with E-state index < -0.39 is 5.60 Å². The maximum absolute atomic E-state index is 10.8. The van der Waals surface area contributed by atoms with Crippen LogP contribution in [0, 0.1) is 0 Å². The van der Waals surface area contributed by atoms with Crippen molar-refractivity contribution in [1.82, 2.24) is 15.5 Å². The molecule has 6 nitrogen and oxygen atoms in total. The first-order valence-corrected chi connectivity index (χ1v) is 11.0. The molecule has 3 N–H and O–H groups in total. The van der Waals surface area contributed by atoms with Gasteiger partial charge in [0.05, 0.1) is 25.4 Å². The van der Waals surface area contributed by atoms with E-state index in [1.165, 1.54) is 5.56 Å². The maximum Gasteiger partial charge on any atom is 0.191 e. The van der Waals surface area contributed by atoms with Crippen molar-refractivity contribution in [1.29, 1.82) is 0 Å². The van der Waals surface area contributed by atoms with Crippen LogP contribution in [0.3, 0.4) is 0 Å². The van der Waals surface area contributed by atoms with Crippen LogP contribution < -0.4 is 10.6 Å². The smallest absolute Gasteiger partial charge is 0.191 e. The molecule has 0 radical (unpaired) electrons. The SMILES string of the molecule is CCNC(=NCC(C)(O)CN1CCOCC1)NCC(CC)(CC)c1ccccc1.I. The monoisotopic (exact) mass is 532 g/mol. The average Bonchev–Trinajstić information content (AvgIpc) is 2.74. The topological polar surface area (TPSA) is 69.1 Å². The Morgan fingerprint density at radius 1 is 1.10 bits per heavy atom. The second kappa shape index (κ2) is 13.5. The summed E-state index contributed by atoms with van der Waals surface area (Å²) in [5.41, 5.74) is 0.548. The van der Waals surface area contributed by atoms with E-state index in [0.717, 1.165) is 58.2 Å². The van der Waals surface area contributed by atoms with Crippen molar-refractivity contribution in [3.8, 4) is 0 Å². The number of ether oxygens (including phenoxy) is 1. The highest BCUT2D eigenvalue weighted by Crippen LogP contribution is 2.30. The summed E-state index contributed by atoms with van der Waals surface area (Å²) in [6, 6.07) is 10.7. The van der Waals surface area contributed by atoms with Gasteiger partial charge in [0.2, 0.25) is 0 Å². The lowest BCUT2D eigenvalue weighted by Gasteiger charge is -2.34. The van der Waals surface area contributed by atoms with Gasteiger partial charge in [-0.25, -0.2) is 0 Å². The fraction of sp³-hybridized carbons (Fsp3) is 0.696. The normalized spacial score (nSPS) is 17.7. The fourth-order valence-electron chi connectivity index (χ4n) is 3.94. The maximum atomic E-state index is 10.8. The Morgan fingerprint density at radius 3 is 2.30 bits per heavy atom. The molecule has 172 valence electrons. The summed E-state index contributed by atoms with van der Waals surface area (Å²) >= 11 is 0. The number of hydrogen-bond acceptors (Lipinski definition) is 4. The highest BCUT2D eigenvalue weighted by atomic mass is 127. The number of halogens is 1. The van der Waals surface area contributed by atoms with Gasteiger partial charge in [-0.15, -0.1) is 24.0 Å². The van der Waals surface area contributed by atoms with E-state index in [2.05, 4.69) is 66.6 Å². The number of aliphatic hydroxyl groups is 1. The van der Waals surface area contributed by atoms with Crippen LogP contribution in [0.25, 0.3) is 0 Å². The lowest BCUT2D eigenvalue weighted by Crippen LogP contribution is -2.49. The molecule has 1 aromatic carbocycles. The van der Waals surface area contributed by atoms with Gasteiger partial charge in [0.1, 0.15) is 0 Å². The molecule has 1 aromatic rings. The zero-order chi connectivity index (χ0) is 21.2. The number of morpholine rings is 1. The summed E-state index contributed by atoms with van der Waals surface area (Å²) in [5, 5.41) is 17.7. The van der Waals surface area contributed by atoms with Gasteiger partial charge in [-0.2, -0.15) is 0 Å². The van der Waals surface area contributed by atoms with Gasteiger partial charge in [0, 0.05) is 38.1 Å². The summed E-state index contributed by atoms with van der Waals surface area (Å²) < 4.78 is 5.39. The van der Waals surface area contributed by atoms with Crippen molar-refractivity contribution >= 4 is 29.9 Å². The third-order valence-electron chi connectivity index (χ3n) is 5.92. The summed E-state index contributed by atoms with van der Waals surface area (Å²) in [5.74, 6) is 0.761. The fourth-order valence-corrected chi connectivity index (χ4v) is 3.94. The largest absolute Gasteiger partial charge is 0.387 e. The van der Waals surface area contributed by atoms with Crippen molar-refractivity contribution in [3.05, 3.63) is 35.9 Å². The predicted molar refractivity (Wildman–Crippen MR) is 136 cm³/mol. The van der Waals surface area contributed by atoms with E-state index in [9.17, 15) is 5.11 Å². The van der Waals surface area contributed by atoms with Crippen molar-refractivity contribution in [2.24, 2.45) is 4.99 Å². The van der Waals surface area contributed by atoms with E-state index >= 15 is 0 Å². The molecule has 1 aliphatic rings. The first-order valence-electron chi connectivity index (χ1n) is 11.0. The average molecular weight is 533 g/mol. The first kappa shape index (κ1) is 27.1. The lowest BCUT2D eigenvalue weighted by atomic mass is 9.76. The van der Waals surface area contributed by atoms with Gasteiger partial charge in [-0.1, -0.05) is 44.2 Å². The molecule has 0 aliphatic carbocycles. The predicted octanol–water partition coefficient (Wildman–Crippen LogP) is 3.00. The van der Waals surface area contributed by atoms with Crippen LogP contribution in [-0.4, -0.2) is 74.0 Å². The zero-order valence-corrected chi connectivity index (χ0v) is 21.4. The molecule has 1 atom stereocenters. The van der Waals surface area contributed by atoms with Crippen LogP contribution in [0.5, 0.6) is 0 Å². The number of nitrogens with zero attached hydrogens (tertiary/aromatic N) is 2. The molecule has 1 heterocycles. The van der Waals surface area contributed by atoms with Crippen LogP contribution in [0.4, 0.5) is 0 Å². The van der Waals surface area contributed by atoms with Crippen molar-refractivity contribution in [3.63, 3.8) is 0 Å². The molecule has 7 heteroatoms. The number of benzene rings is 1. The van der Waals surface area contributed by atoms with E-state index in [4.69, 9.17) is 9.73 Å². The number of nitrogens with one attached hydrogen (secondary N) is 2. The number of hydrogen-bond donors (Lipinski definition) is 3. The minimum Gasteiger partial charge on any atom is -0.387 e. The van der Waals surface area contributed by atoms with Crippen LogP contribution in [0.15, 0.2) is 35.3 Å². The highest BCUT2D eigenvalue weighted by Gasteiger charge is 2.29. The Bertz CT molecular complexity index is 615. The molecule has 0 spiro atoms. The molecule has 0 bridgehead atoms. The van der Waals surface area contributed by atoms with Gasteiger partial charge in [-0.3, -0.25) is 9.89 Å². The van der Waals surface area contributed by atoms with Crippen molar-refractivity contribution in [2.45, 2.75) is 51.6 Å². The van der Waals surface area contributed by atoms with Crippen molar-refractivity contribution in [2.75, 3.05) is 52.5 Å². The molecule has 0 amide bonds. The summed E-state index contributed by atoms with van der Waals surface area (Å²) in [4.78, 5) is 6.95. The van der Waals surface area contributed by atoms with Crippen LogP contribution in [0.1, 0.15) is 46.1 Å². The minimum atomic E-state index is -0.869. The number of β-amino-alcohol motifs (C(OH)–C–C–N with tert-alkyl or cyclic N) is 1. The van der Waals surface area contributed by atoms with Crippen LogP contribution >= 0.6 is 24.0 Å². The molecule has 2 rings (SSSR count). The molecule has 0 saturated carbocycles. The van der Waals surface area contributed by atoms with E-state index in [0.29, 0.717) is 13.1 Å². The Morgan fingerprint density at radius 2 is 1.73 bits per heavy atom. The number of guanidine groups is 1. The number of rotatable bonds is 10. The number of aliphatic imine (C=N–C) groups is 1.